The van der Waals surface area contributed by atoms with E-state index in [1.165, 1.54) is 10.7 Å². The number of thiocarbonyl (C=S) groups is 1. The molecule has 2 aromatic rings. The van der Waals surface area contributed by atoms with Gasteiger partial charge in [-0.05, 0) is 18.6 Å². The number of rotatable bonds is 3. The molecule has 0 radical (unpaired) electrons. The third-order valence-corrected chi connectivity index (χ3v) is 2.64. The first kappa shape index (κ1) is 12.4. The van der Waals surface area contributed by atoms with Crippen molar-refractivity contribution in [1.29, 1.82) is 0 Å². The minimum atomic E-state index is -0.159. The number of aryl methyl sites for hydroxylation is 1. The lowest BCUT2D eigenvalue weighted by molar-refractivity contribution is 0.634. The number of nitrogens with zero attached hydrogens (tertiary/aromatic N) is 3. The lowest BCUT2D eigenvalue weighted by Gasteiger charge is -2.08. The first-order chi connectivity index (χ1) is 8.58. The highest BCUT2D eigenvalue weighted by atomic mass is 32.1. The van der Waals surface area contributed by atoms with Crippen molar-refractivity contribution in [1.82, 2.24) is 14.8 Å². The third kappa shape index (κ3) is 2.60. The summed E-state index contributed by atoms with van der Waals surface area (Å²) in [5, 5.41) is 4.07. The third-order valence-electron chi connectivity index (χ3n) is 2.45. The van der Waals surface area contributed by atoms with Crippen molar-refractivity contribution in [2.75, 3.05) is 0 Å². The van der Waals surface area contributed by atoms with Crippen LogP contribution >= 0.6 is 12.2 Å². The molecule has 2 N–H and O–H groups in total. The van der Waals surface area contributed by atoms with Gasteiger partial charge in [0.15, 0.2) is 0 Å². The summed E-state index contributed by atoms with van der Waals surface area (Å²) < 4.78 is 1.35. The molecule has 2 aromatic heterocycles. The van der Waals surface area contributed by atoms with Crippen LogP contribution in [0.4, 0.5) is 0 Å². The van der Waals surface area contributed by atoms with E-state index in [1.807, 2.05) is 13.0 Å². The number of pyridine rings is 1. The van der Waals surface area contributed by atoms with Crippen LogP contribution in [0.1, 0.15) is 16.8 Å². The molecule has 0 aliphatic rings. The van der Waals surface area contributed by atoms with Crippen LogP contribution in [0, 0.1) is 6.92 Å². The average Bonchev–Trinajstić information content (AvgIpc) is 2.33. The first-order valence-electron chi connectivity index (χ1n) is 5.35. The summed E-state index contributed by atoms with van der Waals surface area (Å²) in [4.78, 5) is 16.1. The fourth-order valence-electron chi connectivity index (χ4n) is 1.59. The maximum atomic E-state index is 11.7. The topological polar surface area (TPSA) is 73.8 Å². The second-order valence-corrected chi connectivity index (χ2v) is 4.34. The Morgan fingerprint density at radius 1 is 1.56 bits per heavy atom. The van der Waals surface area contributed by atoms with E-state index in [2.05, 4.69) is 10.1 Å². The molecule has 0 saturated carbocycles. The van der Waals surface area contributed by atoms with E-state index in [9.17, 15) is 4.79 Å². The minimum absolute atomic E-state index is 0.159. The smallest absolute Gasteiger partial charge is 0.267 e. The Morgan fingerprint density at radius 2 is 2.33 bits per heavy atom. The number of nitrogens with two attached hydrogens (primary N) is 1. The van der Waals surface area contributed by atoms with Crippen LogP contribution in [0.2, 0.25) is 0 Å². The van der Waals surface area contributed by atoms with Crippen LogP contribution in [-0.2, 0) is 6.54 Å². The van der Waals surface area contributed by atoms with Crippen molar-refractivity contribution in [2.45, 2.75) is 13.5 Å². The molecule has 0 bridgehead atoms. The Bertz CT molecular complexity index is 651. The van der Waals surface area contributed by atoms with Gasteiger partial charge in [0.05, 0.1) is 12.7 Å². The van der Waals surface area contributed by atoms with Gasteiger partial charge in [0.2, 0.25) is 0 Å². The van der Waals surface area contributed by atoms with Gasteiger partial charge in [0.25, 0.3) is 5.56 Å². The predicted molar refractivity (Wildman–Crippen MR) is 72.5 cm³/mol. The van der Waals surface area contributed by atoms with Crippen molar-refractivity contribution in [2.24, 2.45) is 5.73 Å². The van der Waals surface area contributed by atoms with Gasteiger partial charge in [-0.25, -0.2) is 4.68 Å². The molecule has 92 valence electrons. The van der Waals surface area contributed by atoms with Crippen molar-refractivity contribution in [3.63, 3.8) is 0 Å². The Kier molecular flexibility index (Phi) is 3.47. The van der Waals surface area contributed by atoms with Gasteiger partial charge >= 0.3 is 0 Å². The number of hydrogen-bond acceptors (Lipinski definition) is 4. The number of aromatic nitrogens is 3. The molecule has 18 heavy (non-hydrogen) atoms. The van der Waals surface area contributed by atoms with Gasteiger partial charge in [0, 0.05) is 17.8 Å². The second kappa shape index (κ2) is 5.05. The van der Waals surface area contributed by atoms with Gasteiger partial charge < -0.3 is 5.73 Å². The van der Waals surface area contributed by atoms with E-state index < -0.39 is 0 Å². The van der Waals surface area contributed by atoms with E-state index in [4.69, 9.17) is 18.0 Å². The summed E-state index contributed by atoms with van der Waals surface area (Å²) in [6.45, 7) is 2.13. The van der Waals surface area contributed by atoms with Gasteiger partial charge in [0.1, 0.15) is 10.7 Å². The molecule has 2 heterocycles. The highest BCUT2D eigenvalue weighted by molar-refractivity contribution is 7.80. The summed E-state index contributed by atoms with van der Waals surface area (Å²) in [5.74, 6) is 0. The van der Waals surface area contributed by atoms with E-state index in [1.54, 1.807) is 18.5 Å². The maximum absolute atomic E-state index is 11.7. The van der Waals surface area contributed by atoms with E-state index in [0.29, 0.717) is 12.2 Å². The Morgan fingerprint density at radius 3 is 3.00 bits per heavy atom. The van der Waals surface area contributed by atoms with Crippen molar-refractivity contribution < 1.29 is 0 Å². The van der Waals surface area contributed by atoms with Crippen molar-refractivity contribution in [3.05, 3.63) is 57.8 Å². The molecular weight excluding hydrogens is 248 g/mol. The normalized spacial score (nSPS) is 10.3. The highest BCUT2D eigenvalue weighted by Gasteiger charge is 2.08. The number of hydrogen-bond donors (Lipinski definition) is 1. The summed E-state index contributed by atoms with van der Waals surface area (Å²) in [6.07, 6.45) is 3.25. The van der Waals surface area contributed by atoms with Crippen LogP contribution < -0.4 is 11.3 Å². The molecule has 0 aromatic carbocycles. The Labute approximate surface area is 109 Å². The largest absolute Gasteiger partial charge is 0.388 e. The zero-order valence-electron chi connectivity index (χ0n) is 9.83. The van der Waals surface area contributed by atoms with Gasteiger partial charge in [-0.15, -0.1) is 0 Å². The van der Waals surface area contributed by atoms with Crippen LogP contribution in [-0.4, -0.2) is 19.8 Å². The lowest BCUT2D eigenvalue weighted by atomic mass is 10.2. The van der Waals surface area contributed by atoms with E-state index in [0.717, 1.165) is 11.1 Å². The van der Waals surface area contributed by atoms with Crippen LogP contribution in [0.5, 0.6) is 0 Å². The lowest BCUT2D eigenvalue weighted by Crippen LogP contribution is -2.24. The zero-order valence-corrected chi connectivity index (χ0v) is 10.6. The van der Waals surface area contributed by atoms with Crippen molar-refractivity contribution in [3.8, 4) is 0 Å². The molecule has 0 atom stereocenters. The van der Waals surface area contributed by atoms with Gasteiger partial charge in [-0.2, -0.15) is 5.10 Å². The zero-order chi connectivity index (χ0) is 13.1. The molecule has 0 amide bonds. The minimum Gasteiger partial charge on any atom is -0.388 e. The molecule has 6 heteroatoms. The van der Waals surface area contributed by atoms with Crippen LogP contribution in [0.3, 0.4) is 0 Å². The second-order valence-electron chi connectivity index (χ2n) is 3.90. The highest BCUT2D eigenvalue weighted by Crippen LogP contribution is 2.06. The Balaban J connectivity index is 2.40. The SMILES string of the molecule is Cc1cnn(Cc2cccnc2C(N)=S)c(=O)c1. The molecule has 2 rings (SSSR count). The average molecular weight is 260 g/mol. The molecule has 0 aliphatic carbocycles. The van der Waals surface area contributed by atoms with E-state index in [-0.39, 0.29) is 10.5 Å². The van der Waals surface area contributed by atoms with Crippen LogP contribution in [0.15, 0.2) is 35.4 Å². The fourth-order valence-corrected chi connectivity index (χ4v) is 1.78. The molecule has 0 fully saturated rings. The molecular formula is C12H12N4OS. The summed E-state index contributed by atoms with van der Waals surface area (Å²) >= 11 is 4.93. The van der Waals surface area contributed by atoms with Gasteiger partial charge in [-0.3, -0.25) is 9.78 Å². The molecule has 0 unspecified atom stereocenters. The van der Waals surface area contributed by atoms with Crippen LogP contribution in [0.25, 0.3) is 0 Å². The molecule has 5 nitrogen and oxygen atoms in total. The summed E-state index contributed by atoms with van der Waals surface area (Å²) in [7, 11) is 0. The summed E-state index contributed by atoms with van der Waals surface area (Å²) in [6, 6.07) is 5.13. The first-order valence-corrected chi connectivity index (χ1v) is 5.76. The molecule has 0 aliphatic heterocycles. The maximum Gasteiger partial charge on any atom is 0.267 e. The molecule has 0 spiro atoms. The molecule has 0 saturated heterocycles. The van der Waals surface area contributed by atoms with Crippen molar-refractivity contribution >= 4 is 17.2 Å². The predicted octanol–water partition coefficient (Wildman–Crippen LogP) is 0.629. The quantitative estimate of drug-likeness (QED) is 0.819. The Hall–Kier alpha value is -2.08. The fraction of sp³-hybridized carbons (Fsp3) is 0.167. The summed E-state index contributed by atoms with van der Waals surface area (Å²) in [5.41, 5.74) is 7.57. The van der Waals surface area contributed by atoms with Gasteiger partial charge in [-0.1, -0.05) is 18.3 Å². The monoisotopic (exact) mass is 260 g/mol. The van der Waals surface area contributed by atoms with E-state index >= 15 is 0 Å². The standard InChI is InChI=1S/C12H12N4OS/c1-8-5-10(17)16(15-6-8)7-9-3-2-4-14-11(9)12(13)18/h2-6H,7H2,1H3,(H2,13,18).